The predicted molar refractivity (Wildman–Crippen MR) is 117 cm³/mol. The minimum atomic E-state index is -0.477. The molecule has 2 N–H and O–H groups in total. The molecule has 1 heterocycles. The van der Waals surface area contributed by atoms with E-state index in [2.05, 4.69) is 6.58 Å². The average Bonchev–Trinajstić information content (AvgIpc) is 2.75. The maximum atomic E-state index is 10.1. The van der Waals surface area contributed by atoms with Gasteiger partial charge in [0.25, 0.3) is 0 Å². The molecule has 30 heavy (non-hydrogen) atoms. The van der Waals surface area contributed by atoms with Gasteiger partial charge in [-0.2, -0.15) is 0 Å². The van der Waals surface area contributed by atoms with Gasteiger partial charge >= 0.3 is 0 Å². The number of hydrogen-bond donors (Lipinski definition) is 2. The van der Waals surface area contributed by atoms with E-state index in [-0.39, 0.29) is 18.8 Å². The molecule has 0 aliphatic carbocycles. The largest absolute Gasteiger partial charge is 0.491 e. The fourth-order valence-electron chi connectivity index (χ4n) is 3.56. The average molecular weight is 433 g/mol. The van der Waals surface area contributed by atoms with Gasteiger partial charge in [0.05, 0.1) is 38.1 Å². The molecule has 0 unspecified atom stereocenters. The molecule has 1 fully saturated rings. The van der Waals surface area contributed by atoms with Crippen molar-refractivity contribution < 1.29 is 24.4 Å². The first-order valence-corrected chi connectivity index (χ1v) is 10.6. The summed E-state index contributed by atoms with van der Waals surface area (Å²) in [4.78, 5) is 0. The van der Waals surface area contributed by atoms with Crippen LogP contribution >= 0.6 is 11.6 Å². The van der Waals surface area contributed by atoms with Crippen molar-refractivity contribution in [3.63, 3.8) is 0 Å². The molecule has 0 spiro atoms. The lowest BCUT2D eigenvalue weighted by Crippen LogP contribution is -2.33. The summed E-state index contributed by atoms with van der Waals surface area (Å²) in [7, 11) is 0. The molecule has 0 amide bonds. The van der Waals surface area contributed by atoms with Crippen molar-refractivity contribution in [2.45, 2.75) is 37.6 Å². The lowest BCUT2D eigenvalue weighted by atomic mass is 9.94. The van der Waals surface area contributed by atoms with Crippen LogP contribution in [0.2, 0.25) is 5.02 Å². The molecule has 5 nitrogen and oxygen atoms in total. The molecular formula is C24H29ClO5. The van der Waals surface area contributed by atoms with E-state index in [9.17, 15) is 10.2 Å². The third-order valence-electron chi connectivity index (χ3n) is 5.07. The molecule has 2 aromatic rings. The maximum absolute atomic E-state index is 10.1. The summed E-state index contributed by atoms with van der Waals surface area (Å²) in [6, 6.07) is 13.7. The second-order valence-electron chi connectivity index (χ2n) is 7.44. The van der Waals surface area contributed by atoms with E-state index in [1.165, 1.54) is 0 Å². The molecule has 1 aliphatic heterocycles. The van der Waals surface area contributed by atoms with Crippen LogP contribution in [0.5, 0.6) is 5.75 Å². The number of aliphatic hydroxyl groups is 2. The Kier molecular flexibility index (Phi) is 8.73. The van der Waals surface area contributed by atoms with Crippen molar-refractivity contribution in [1.29, 1.82) is 0 Å². The van der Waals surface area contributed by atoms with Gasteiger partial charge in [-0.15, -0.1) is 6.58 Å². The minimum Gasteiger partial charge on any atom is -0.491 e. The van der Waals surface area contributed by atoms with Gasteiger partial charge in [-0.3, -0.25) is 0 Å². The van der Waals surface area contributed by atoms with E-state index in [4.69, 9.17) is 25.8 Å². The molecule has 2 aromatic carbocycles. The van der Waals surface area contributed by atoms with Crippen LogP contribution in [0.1, 0.15) is 35.6 Å². The van der Waals surface area contributed by atoms with Crippen LogP contribution in [0.25, 0.3) is 0 Å². The Morgan fingerprint density at radius 1 is 1.13 bits per heavy atom. The first-order chi connectivity index (χ1) is 14.6. The van der Waals surface area contributed by atoms with E-state index in [1.807, 2.05) is 42.5 Å². The third kappa shape index (κ3) is 6.56. The smallest absolute Gasteiger partial charge is 0.119 e. The zero-order chi connectivity index (χ0) is 21.3. The predicted octanol–water partition coefficient (Wildman–Crippen LogP) is 4.09. The van der Waals surface area contributed by atoms with Gasteiger partial charge in [0.1, 0.15) is 12.4 Å². The fraction of sp³-hybridized carbons (Fsp3) is 0.417. The molecule has 0 saturated carbocycles. The second-order valence-corrected chi connectivity index (χ2v) is 7.85. The first kappa shape index (κ1) is 22.8. The van der Waals surface area contributed by atoms with Crippen LogP contribution in [0.15, 0.2) is 55.1 Å². The van der Waals surface area contributed by atoms with Crippen molar-refractivity contribution in [3.8, 4) is 5.75 Å². The summed E-state index contributed by atoms with van der Waals surface area (Å²) >= 11 is 6.44. The zero-order valence-corrected chi connectivity index (χ0v) is 17.8. The molecule has 162 valence electrons. The Balaban J connectivity index is 1.62. The molecule has 1 saturated heterocycles. The Labute approximate surface area is 182 Å². The lowest BCUT2D eigenvalue weighted by molar-refractivity contribution is -0.113. The van der Waals surface area contributed by atoms with Crippen LogP contribution < -0.4 is 4.74 Å². The van der Waals surface area contributed by atoms with Crippen molar-refractivity contribution >= 4 is 11.6 Å². The minimum absolute atomic E-state index is 0.0944. The van der Waals surface area contributed by atoms with Crippen molar-refractivity contribution in [2.75, 3.05) is 26.4 Å². The van der Waals surface area contributed by atoms with Crippen LogP contribution in [-0.4, -0.2) is 48.8 Å². The molecule has 1 aliphatic rings. The van der Waals surface area contributed by atoms with Gasteiger partial charge in [-0.05, 0) is 41.3 Å². The SMILES string of the molecule is C=CCOCCOc1ccc(Cc2cc([C@H]3C[C@@H](O)C[C@@H](CO)O3)ccc2Cl)cc1. The summed E-state index contributed by atoms with van der Waals surface area (Å²) < 4.78 is 16.9. The number of hydrogen-bond acceptors (Lipinski definition) is 5. The summed E-state index contributed by atoms with van der Waals surface area (Å²) in [6.07, 6.45) is 2.29. The monoisotopic (exact) mass is 432 g/mol. The highest BCUT2D eigenvalue weighted by atomic mass is 35.5. The Bertz CT molecular complexity index is 808. The van der Waals surface area contributed by atoms with E-state index < -0.39 is 6.10 Å². The quantitative estimate of drug-likeness (QED) is 0.437. The number of benzene rings is 2. The number of halogens is 1. The van der Waals surface area contributed by atoms with Crippen molar-refractivity contribution in [1.82, 2.24) is 0 Å². The van der Waals surface area contributed by atoms with Crippen LogP contribution in [0.4, 0.5) is 0 Å². The molecule has 0 aromatic heterocycles. The third-order valence-corrected chi connectivity index (χ3v) is 5.44. The molecule has 6 heteroatoms. The zero-order valence-electron chi connectivity index (χ0n) is 17.0. The second kappa shape index (κ2) is 11.5. The summed E-state index contributed by atoms with van der Waals surface area (Å²) in [5.74, 6) is 0.792. The van der Waals surface area contributed by atoms with Gasteiger partial charge in [-0.25, -0.2) is 0 Å². The molecule has 3 atom stereocenters. The highest BCUT2D eigenvalue weighted by Crippen LogP contribution is 2.33. The highest BCUT2D eigenvalue weighted by molar-refractivity contribution is 6.31. The Hall–Kier alpha value is -1.89. The molecule has 0 radical (unpaired) electrons. The summed E-state index contributed by atoms with van der Waals surface area (Å²) in [5, 5.41) is 20.2. The van der Waals surface area contributed by atoms with E-state index in [1.54, 1.807) is 6.08 Å². The fourth-order valence-corrected chi connectivity index (χ4v) is 3.75. The topological polar surface area (TPSA) is 68.2 Å². The Morgan fingerprint density at radius 3 is 2.67 bits per heavy atom. The van der Waals surface area contributed by atoms with Crippen molar-refractivity contribution in [3.05, 3.63) is 76.8 Å². The number of rotatable bonds is 10. The van der Waals surface area contributed by atoms with E-state index in [0.29, 0.717) is 44.1 Å². The van der Waals surface area contributed by atoms with Gasteiger partial charge < -0.3 is 24.4 Å². The standard InChI is InChI=1S/C24H29ClO5/c1-2-9-28-10-11-29-21-6-3-17(4-7-21)12-19-13-18(5-8-23(19)25)24-15-20(27)14-22(16-26)30-24/h2-8,13,20,22,24,26-27H,1,9-12,14-16H2/t20-,22-,24+/m0/s1. The number of aliphatic hydroxyl groups excluding tert-OH is 2. The van der Waals surface area contributed by atoms with Gasteiger partial charge in [-0.1, -0.05) is 41.9 Å². The van der Waals surface area contributed by atoms with Crippen LogP contribution in [0.3, 0.4) is 0 Å². The van der Waals surface area contributed by atoms with Crippen molar-refractivity contribution in [2.24, 2.45) is 0 Å². The van der Waals surface area contributed by atoms with E-state index >= 15 is 0 Å². The molecule has 3 rings (SSSR count). The molecule has 0 bridgehead atoms. The molecular weight excluding hydrogens is 404 g/mol. The summed E-state index contributed by atoms with van der Waals surface area (Å²) in [5.41, 5.74) is 3.07. The Morgan fingerprint density at radius 2 is 1.93 bits per heavy atom. The van der Waals surface area contributed by atoms with Gasteiger partial charge in [0.2, 0.25) is 0 Å². The number of ether oxygens (including phenoxy) is 3. The summed E-state index contributed by atoms with van der Waals surface area (Å²) in [6.45, 7) is 5.04. The highest BCUT2D eigenvalue weighted by Gasteiger charge is 2.29. The van der Waals surface area contributed by atoms with Crippen LogP contribution in [-0.2, 0) is 15.9 Å². The maximum Gasteiger partial charge on any atom is 0.119 e. The first-order valence-electron chi connectivity index (χ1n) is 10.2. The van der Waals surface area contributed by atoms with Crippen LogP contribution in [0, 0.1) is 0 Å². The van der Waals surface area contributed by atoms with Gasteiger partial charge in [0.15, 0.2) is 0 Å². The normalized spacial score (nSPS) is 21.4. The van der Waals surface area contributed by atoms with E-state index in [0.717, 1.165) is 22.4 Å². The lowest BCUT2D eigenvalue weighted by Gasteiger charge is -2.32. The van der Waals surface area contributed by atoms with Gasteiger partial charge in [0, 0.05) is 17.9 Å².